The van der Waals surface area contributed by atoms with Crippen LogP contribution >= 0.6 is 15.9 Å². The van der Waals surface area contributed by atoms with Gasteiger partial charge in [-0.2, -0.15) is 5.10 Å². The van der Waals surface area contributed by atoms with E-state index in [4.69, 9.17) is 0 Å². The first-order chi connectivity index (χ1) is 10.9. The molecule has 0 aliphatic rings. The van der Waals surface area contributed by atoms with Gasteiger partial charge in [0.15, 0.2) is 0 Å². The van der Waals surface area contributed by atoms with Gasteiger partial charge in [0.1, 0.15) is 0 Å². The van der Waals surface area contributed by atoms with Crippen molar-refractivity contribution in [1.29, 1.82) is 0 Å². The van der Waals surface area contributed by atoms with E-state index in [0.29, 0.717) is 24.4 Å². The summed E-state index contributed by atoms with van der Waals surface area (Å²) in [7, 11) is -3.44. The van der Waals surface area contributed by atoms with E-state index in [1.165, 1.54) is 0 Å². The second-order valence-corrected chi connectivity index (χ2v) is 8.09. The first-order valence-corrected chi connectivity index (χ1v) is 9.98. The highest BCUT2D eigenvalue weighted by Crippen LogP contribution is 2.14. The van der Waals surface area contributed by atoms with Gasteiger partial charge in [-0.05, 0) is 53.4 Å². The Morgan fingerprint density at radius 1 is 1.26 bits per heavy atom. The third-order valence-corrected chi connectivity index (χ3v) is 5.77. The number of rotatable bonds is 8. The van der Waals surface area contributed by atoms with Crippen molar-refractivity contribution in [3.05, 3.63) is 46.2 Å². The second kappa shape index (κ2) is 8.08. The molecule has 1 aromatic heterocycles. The standard InChI is InChI=1S/C16H22BrN3O2S/c1-3-5-14-6-8-15(9-7-14)23(21,22)18-10-4-11-20-12-16(17)13(2)19-20/h6-9,12,18H,3-5,10-11H2,1-2H3. The summed E-state index contributed by atoms with van der Waals surface area (Å²) in [5.41, 5.74) is 2.09. The molecule has 0 fully saturated rings. The minimum atomic E-state index is -3.44. The van der Waals surface area contributed by atoms with Gasteiger partial charge < -0.3 is 0 Å². The van der Waals surface area contributed by atoms with Crippen molar-refractivity contribution in [2.45, 2.75) is 44.6 Å². The lowest BCUT2D eigenvalue weighted by Crippen LogP contribution is -2.25. The van der Waals surface area contributed by atoms with Gasteiger partial charge in [0.05, 0.1) is 15.1 Å². The highest BCUT2D eigenvalue weighted by molar-refractivity contribution is 9.10. The summed E-state index contributed by atoms with van der Waals surface area (Å²) in [6.07, 6.45) is 4.59. The van der Waals surface area contributed by atoms with Gasteiger partial charge in [0, 0.05) is 19.3 Å². The maximum Gasteiger partial charge on any atom is 0.240 e. The van der Waals surface area contributed by atoms with Crippen LogP contribution in [0.1, 0.15) is 31.0 Å². The van der Waals surface area contributed by atoms with Crippen LogP contribution in [-0.4, -0.2) is 24.7 Å². The lowest BCUT2D eigenvalue weighted by molar-refractivity contribution is 0.551. The van der Waals surface area contributed by atoms with Crippen LogP contribution in [0.25, 0.3) is 0 Å². The highest BCUT2D eigenvalue weighted by Gasteiger charge is 2.13. The van der Waals surface area contributed by atoms with Crippen LogP contribution < -0.4 is 4.72 Å². The maximum absolute atomic E-state index is 12.2. The molecule has 7 heteroatoms. The summed E-state index contributed by atoms with van der Waals surface area (Å²) in [5, 5.41) is 4.32. The Morgan fingerprint density at radius 3 is 2.52 bits per heavy atom. The van der Waals surface area contributed by atoms with Crippen LogP contribution in [0.15, 0.2) is 39.8 Å². The van der Waals surface area contributed by atoms with Crippen LogP contribution in [0.5, 0.6) is 0 Å². The molecule has 2 aromatic rings. The summed E-state index contributed by atoms with van der Waals surface area (Å²) >= 11 is 3.41. The molecular weight excluding hydrogens is 378 g/mol. The molecule has 0 amide bonds. The average Bonchev–Trinajstić information content (AvgIpc) is 2.83. The molecule has 126 valence electrons. The van der Waals surface area contributed by atoms with Crippen LogP contribution in [0, 0.1) is 6.92 Å². The third-order valence-electron chi connectivity index (χ3n) is 3.51. The Kier molecular flexibility index (Phi) is 6.38. The SMILES string of the molecule is CCCc1ccc(S(=O)(=O)NCCCn2cc(Br)c(C)n2)cc1. The zero-order valence-electron chi connectivity index (χ0n) is 13.4. The number of hydrogen-bond donors (Lipinski definition) is 1. The summed E-state index contributed by atoms with van der Waals surface area (Å²) in [5.74, 6) is 0. The molecule has 2 rings (SSSR count). The van der Waals surface area contributed by atoms with Crippen molar-refractivity contribution in [3.63, 3.8) is 0 Å². The van der Waals surface area contributed by atoms with Gasteiger partial charge in [-0.25, -0.2) is 13.1 Å². The fraction of sp³-hybridized carbons (Fsp3) is 0.438. The second-order valence-electron chi connectivity index (χ2n) is 5.47. The van der Waals surface area contributed by atoms with E-state index in [0.717, 1.165) is 28.6 Å². The third kappa shape index (κ3) is 5.16. The van der Waals surface area contributed by atoms with E-state index in [2.05, 4.69) is 32.7 Å². The van der Waals surface area contributed by atoms with Gasteiger partial charge >= 0.3 is 0 Å². The molecule has 0 saturated heterocycles. The predicted octanol–water partition coefficient (Wildman–Crippen LogP) is 3.28. The van der Waals surface area contributed by atoms with Gasteiger partial charge in [-0.3, -0.25) is 4.68 Å². The molecule has 0 atom stereocenters. The fourth-order valence-corrected chi connectivity index (χ4v) is 3.65. The Morgan fingerprint density at radius 2 is 1.96 bits per heavy atom. The summed E-state index contributed by atoms with van der Waals surface area (Å²) in [4.78, 5) is 0.315. The Balaban J connectivity index is 1.86. The topological polar surface area (TPSA) is 64.0 Å². The monoisotopic (exact) mass is 399 g/mol. The van der Waals surface area contributed by atoms with Gasteiger partial charge in [-0.15, -0.1) is 0 Å². The van der Waals surface area contributed by atoms with E-state index in [1.807, 2.05) is 29.9 Å². The Hall–Kier alpha value is -1.18. The van der Waals surface area contributed by atoms with Crippen molar-refractivity contribution in [2.75, 3.05) is 6.54 Å². The molecule has 0 unspecified atom stereocenters. The maximum atomic E-state index is 12.2. The summed E-state index contributed by atoms with van der Waals surface area (Å²) in [6.45, 7) is 5.08. The number of nitrogens with zero attached hydrogens (tertiary/aromatic N) is 2. The van der Waals surface area contributed by atoms with E-state index >= 15 is 0 Å². The number of benzene rings is 1. The van der Waals surface area contributed by atoms with Crippen LogP contribution in [0.4, 0.5) is 0 Å². The first-order valence-electron chi connectivity index (χ1n) is 7.70. The zero-order valence-corrected chi connectivity index (χ0v) is 15.8. The molecule has 1 heterocycles. The minimum Gasteiger partial charge on any atom is -0.271 e. The lowest BCUT2D eigenvalue weighted by Gasteiger charge is -2.08. The van der Waals surface area contributed by atoms with Gasteiger partial charge in [0.25, 0.3) is 0 Å². The quantitative estimate of drug-likeness (QED) is 0.692. The molecule has 23 heavy (non-hydrogen) atoms. The molecule has 0 spiro atoms. The molecule has 0 radical (unpaired) electrons. The van der Waals surface area contributed by atoms with E-state index in [-0.39, 0.29) is 0 Å². The number of halogens is 1. The van der Waals surface area contributed by atoms with Crippen molar-refractivity contribution in [2.24, 2.45) is 0 Å². The molecular formula is C16H22BrN3O2S. The molecule has 1 N–H and O–H groups in total. The van der Waals surface area contributed by atoms with E-state index < -0.39 is 10.0 Å². The number of hydrogen-bond acceptors (Lipinski definition) is 3. The minimum absolute atomic E-state index is 0.315. The number of nitrogens with one attached hydrogen (secondary N) is 1. The Bertz CT molecular complexity index is 720. The summed E-state index contributed by atoms with van der Waals surface area (Å²) < 4.78 is 29.9. The smallest absolute Gasteiger partial charge is 0.240 e. The van der Waals surface area contributed by atoms with Crippen molar-refractivity contribution in [1.82, 2.24) is 14.5 Å². The number of sulfonamides is 1. The normalized spacial score (nSPS) is 11.8. The molecule has 0 saturated carbocycles. The highest BCUT2D eigenvalue weighted by atomic mass is 79.9. The van der Waals surface area contributed by atoms with Crippen molar-refractivity contribution in [3.8, 4) is 0 Å². The van der Waals surface area contributed by atoms with Crippen LogP contribution in [0.2, 0.25) is 0 Å². The van der Waals surface area contributed by atoms with Gasteiger partial charge in [0.2, 0.25) is 10.0 Å². The van der Waals surface area contributed by atoms with Crippen molar-refractivity contribution >= 4 is 26.0 Å². The Labute approximate surface area is 146 Å². The van der Waals surface area contributed by atoms with E-state index in [1.54, 1.807) is 12.1 Å². The largest absolute Gasteiger partial charge is 0.271 e. The molecule has 0 aliphatic carbocycles. The fourth-order valence-electron chi connectivity index (χ4n) is 2.26. The lowest BCUT2D eigenvalue weighted by atomic mass is 10.1. The van der Waals surface area contributed by atoms with Crippen LogP contribution in [-0.2, 0) is 23.0 Å². The zero-order chi connectivity index (χ0) is 16.9. The molecule has 1 aromatic carbocycles. The first kappa shape index (κ1) is 18.2. The number of aromatic nitrogens is 2. The van der Waals surface area contributed by atoms with Crippen LogP contribution in [0.3, 0.4) is 0 Å². The molecule has 5 nitrogen and oxygen atoms in total. The molecule has 0 bridgehead atoms. The van der Waals surface area contributed by atoms with E-state index in [9.17, 15) is 8.42 Å². The summed E-state index contributed by atoms with van der Waals surface area (Å²) in [6, 6.07) is 7.09. The van der Waals surface area contributed by atoms with Gasteiger partial charge in [-0.1, -0.05) is 25.5 Å². The average molecular weight is 400 g/mol. The number of aryl methyl sites for hydroxylation is 3. The molecule has 0 aliphatic heterocycles. The van der Waals surface area contributed by atoms with Crippen molar-refractivity contribution < 1.29 is 8.42 Å². The predicted molar refractivity (Wildman–Crippen MR) is 94.9 cm³/mol.